The summed E-state index contributed by atoms with van der Waals surface area (Å²) in [6.07, 6.45) is 5.65. The standard InChI is InChI=1S/C38H32ClN3O3/c1-23-29(22-45-38-16-37(31(20-43)15-36(38)39)44-21-26-11-25(17-40)18-42-19-26)5-3-7-34(23)35-8-4-6-33(24(35)2)28-10-9-27-13-32(41)14-30(27)12-28/h3-12,15-16,18-20,32H,13-14,21-22,41H2,1-2H3. The highest BCUT2D eigenvalue weighted by atomic mass is 35.5. The smallest absolute Gasteiger partial charge is 0.153 e. The number of hydrogen-bond donors (Lipinski definition) is 1. The Bertz CT molecular complexity index is 1960. The van der Waals surface area contributed by atoms with Crippen molar-refractivity contribution in [2.45, 2.75) is 45.9 Å². The molecule has 0 spiro atoms. The average molecular weight is 614 g/mol. The minimum Gasteiger partial charge on any atom is -0.488 e. The number of aldehydes is 1. The number of carbonyl (C=O) groups is 1. The lowest BCUT2D eigenvalue weighted by Crippen LogP contribution is -2.18. The number of nitriles is 1. The Balaban J connectivity index is 1.23. The van der Waals surface area contributed by atoms with Crippen LogP contribution in [0.3, 0.4) is 0 Å². The van der Waals surface area contributed by atoms with E-state index in [-0.39, 0.29) is 19.3 Å². The molecular formula is C38H32ClN3O3. The van der Waals surface area contributed by atoms with E-state index in [1.807, 2.05) is 12.1 Å². The van der Waals surface area contributed by atoms with Crippen LogP contribution in [0.1, 0.15) is 49.3 Å². The number of nitrogens with two attached hydrogens (primary N) is 1. The monoisotopic (exact) mass is 613 g/mol. The molecule has 7 heteroatoms. The number of fused-ring (bicyclic) bond motifs is 1. The number of ether oxygens (including phenoxy) is 2. The Morgan fingerprint density at radius 3 is 2.42 bits per heavy atom. The van der Waals surface area contributed by atoms with Gasteiger partial charge in [-0.2, -0.15) is 5.26 Å². The molecule has 45 heavy (non-hydrogen) atoms. The van der Waals surface area contributed by atoms with Gasteiger partial charge in [-0.05, 0) is 88.9 Å². The highest BCUT2D eigenvalue weighted by molar-refractivity contribution is 6.32. The first kappa shape index (κ1) is 30.1. The molecule has 1 aliphatic rings. The van der Waals surface area contributed by atoms with E-state index in [1.165, 1.54) is 45.6 Å². The van der Waals surface area contributed by atoms with Gasteiger partial charge in [-0.1, -0.05) is 66.2 Å². The van der Waals surface area contributed by atoms with Crippen LogP contribution in [0.4, 0.5) is 0 Å². The number of aromatic nitrogens is 1. The molecule has 224 valence electrons. The number of halogens is 1. The first-order valence-electron chi connectivity index (χ1n) is 14.8. The second-order valence-electron chi connectivity index (χ2n) is 11.4. The Labute approximate surface area is 268 Å². The first-order chi connectivity index (χ1) is 21.8. The van der Waals surface area contributed by atoms with Gasteiger partial charge in [0, 0.05) is 30.1 Å². The van der Waals surface area contributed by atoms with Crippen molar-refractivity contribution in [2.75, 3.05) is 0 Å². The lowest BCUT2D eigenvalue weighted by Gasteiger charge is -2.18. The molecule has 1 unspecified atom stereocenters. The van der Waals surface area contributed by atoms with E-state index in [9.17, 15) is 4.79 Å². The lowest BCUT2D eigenvalue weighted by molar-refractivity contribution is 0.111. The van der Waals surface area contributed by atoms with Crippen molar-refractivity contribution < 1.29 is 14.3 Å². The molecule has 0 saturated heterocycles. The van der Waals surface area contributed by atoms with E-state index in [1.54, 1.807) is 18.3 Å². The summed E-state index contributed by atoms with van der Waals surface area (Å²) in [6.45, 7) is 4.68. The quantitative estimate of drug-likeness (QED) is 0.169. The van der Waals surface area contributed by atoms with Crippen molar-refractivity contribution in [3.63, 3.8) is 0 Å². The van der Waals surface area contributed by atoms with Crippen LogP contribution in [0.25, 0.3) is 22.3 Å². The number of hydrogen-bond acceptors (Lipinski definition) is 6. The summed E-state index contributed by atoms with van der Waals surface area (Å²) >= 11 is 6.52. The van der Waals surface area contributed by atoms with Crippen LogP contribution in [0, 0.1) is 25.2 Å². The van der Waals surface area contributed by atoms with Crippen LogP contribution < -0.4 is 15.2 Å². The molecule has 6 nitrogen and oxygen atoms in total. The van der Waals surface area contributed by atoms with Gasteiger partial charge in [-0.15, -0.1) is 0 Å². The van der Waals surface area contributed by atoms with Gasteiger partial charge in [0.25, 0.3) is 0 Å². The molecule has 6 rings (SSSR count). The van der Waals surface area contributed by atoms with Gasteiger partial charge in [0.1, 0.15) is 30.8 Å². The molecule has 0 radical (unpaired) electrons. The average Bonchev–Trinajstić information content (AvgIpc) is 3.43. The highest BCUT2D eigenvalue weighted by Gasteiger charge is 2.20. The van der Waals surface area contributed by atoms with E-state index in [4.69, 9.17) is 32.1 Å². The second-order valence-corrected chi connectivity index (χ2v) is 11.8. The summed E-state index contributed by atoms with van der Waals surface area (Å²) in [5.41, 5.74) is 18.4. The molecule has 0 amide bonds. The van der Waals surface area contributed by atoms with Gasteiger partial charge in [0.2, 0.25) is 0 Å². The Morgan fingerprint density at radius 1 is 0.889 bits per heavy atom. The molecule has 1 aromatic heterocycles. The molecule has 4 aromatic carbocycles. The van der Waals surface area contributed by atoms with Crippen molar-refractivity contribution in [2.24, 2.45) is 5.73 Å². The van der Waals surface area contributed by atoms with Gasteiger partial charge in [0.15, 0.2) is 6.29 Å². The maximum absolute atomic E-state index is 11.8. The molecular weight excluding hydrogens is 582 g/mol. The topological polar surface area (TPSA) is 98.2 Å². The van der Waals surface area contributed by atoms with Crippen LogP contribution in [0.5, 0.6) is 11.5 Å². The summed E-state index contributed by atoms with van der Waals surface area (Å²) in [5, 5.41) is 9.46. The van der Waals surface area contributed by atoms with E-state index in [0.717, 1.165) is 29.5 Å². The maximum Gasteiger partial charge on any atom is 0.153 e. The van der Waals surface area contributed by atoms with Crippen molar-refractivity contribution in [1.82, 2.24) is 4.98 Å². The number of pyridine rings is 1. The first-order valence-corrected chi connectivity index (χ1v) is 15.2. The van der Waals surface area contributed by atoms with Crippen molar-refractivity contribution >= 4 is 17.9 Å². The van der Waals surface area contributed by atoms with Crippen molar-refractivity contribution in [3.8, 4) is 39.8 Å². The molecule has 1 aliphatic carbocycles. The van der Waals surface area contributed by atoms with Gasteiger partial charge in [-0.25, -0.2) is 0 Å². The molecule has 1 atom stereocenters. The van der Waals surface area contributed by atoms with Gasteiger partial charge >= 0.3 is 0 Å². The second kappa shape index (κ2) is 13.0. The van der Waals surface area contributed by atoms with Crippen LogP contribution in [-0.2, 0) is 26.1 Å². The molecule has 5 aromatic rings. The maximum atomic E-state index is 11.8. The van der Waals surface area contributed by atoms with E-state index in [2.05, 4.69) is 67.4 Å². The third-order valence-corrected chi connectivity index (χ3v) is 8.74. The number of benzene rings is 4. The summed E-state index contributed by atoms with van der Waals surface area (Å²) < 4.78 is 12.1. The van der Waals surface area contributed by atoms with E-state index >= 15 is 0 Å². The molecule has 0 fully saturated rings. The Kier molecular flexibility index (Phi) is 8.66. The zero-order valence-corrected chi connectivity index (χ0v) is 25.9. The normalized spacial score (nSPS) is 13.6. The molecule has 2 N–H and O–H groups in total. The fourth-order valence-electron chi connectivity index (χ4n) is 6.01. The van der Waals surface area contributed by atoms with Crippen LogP contribution in [0.2, 0.25) is 5.02 Å². The SMILES string of the molecule is Cc1c(COc2cc(OCc3cncc(C#N)c3)c(C=O)cc2Cl)cccc1-c1cccc(-c2ccc3c(c2)CC(N)C3)c1C. The van der Waals surface area contributed by atoms with E-state index in [0.29, 0.717) is 39.5 Å². The number of carbonyl (C=O) groups excluding carboxylic acids is 1. The fourth-order valence-corrected chi connectivity index (χ4v) is 6.24. The van der Waals surface area contributed by atoms with Crippen LogP contribution in [0.15, 0.2) is 85.2 Å². The summed E-state index contributed by atoms with van der Waals surface area (Å²) in [5.74, 6) is 0.735. The van der Waals surface area contributed by atoms with Gasteiger partial charge in [0.05, 0.1) is 16.1 Å². The van der Waals surface area contributed by atoms with Crippen molar-refractivity contribution in [3.05, 3.63) is 135 Å². The minimum absolute atomic E-state index is 0.128. The summed E-state index contributed by atoms with van der Waals surface area (Å²) in [6, 6.07) is 26.5. The molecule has 0 aliphatic heterocycles. The zero-order valence-electron chi connectivity index (χ0n) is 25.1. The van der Waals surface area contributed by atoms with Gasteiger partial charge < -0.3 is 15.2 Å². The third kappa shape index (κ3) is 6.32. The van der Waals surface area contributed by atoms with Crippen LogP contribution in [-0.4, -0.2) is 17.3 Å². The highest BCUT2D eigenvalue weighted by Crippen LogP contribution is 2.37. The largest absolute Gasteiger partial charge is 0.488 e. The van der Waals surface area contributed by atoms with Crippen LogP contribution >= 0.6 is 11.6 Å². The van der Waals surface area contributed by atoms with E-state index < -0.39 is 0 Å². The predicted molar refractivity (Wildman–Crippen MR) is 177 cm³/mol. The van der Waals surface area contributed by atoms with Gasteiger partial charge in [-0.3, -0.25) is 9.78 Å². The number of rotatable bonds is 9. The molecule has 0 bridgehead atoms. The molecule has 1 heterocycles. The Morgan fingerprint density at radius 2 is 1.62 bits per heavy atom. The third-order valence-electron chi connectivity index (χ3n) is 8.44. The fraction of sp³-hybridized carbons (Fsp3) is 0.184. The molecule has 0 saturated carbocycles. The minimum atomic E-state index is 0.128. The zero-order chi connectivity index (χ0) is 31.5. The van der Waals surface area contributed by atoms with Crippen molar-refractivity contribution in [1.29, 1.82) is 5.26 Å². The predicted octanol–water partition coefficient (Wildman–Crippen LogP) is 7.95. The number of nitrogens with zero attached hydrogens (tertiary/aromatic N) is 2. The summed E-state index contributed by atoms with van der Waals surface area (Å²) in [4.78, 5) is 15.8. The lowest BCUT2D eigenvalue weighted by atomic mass is 9.89. The summed E-state index contributed by atoms with van der Waals surface area (Å²) in [7, 11) is 0. The Hall–Kier alpha value is -4.96.